The van der Waals surface area contributed by atoms with Gasteiger partial charge in [-0.15, -0.1) is 11.3 Å². The molecule has 1 aromatic carbocycles. The van der Waals surface area contributed by atoms with E-state index < -0.39 is 5.97 Å². The molecular formula is C33H36N4O4S. The van der Waals surface area contributed by atoms with E-state index >= 15 is 0 Å². The number of morpholine rings is 1. The van der Waals surface area contributed by atoms with Crippen LogP contribution in [0.1, 0.15) is 60.0 Å². The lowest BCUT2D eigenvalue weighted by Crippen LogP contribution is -2.41. The molecule has 42 heavy (non-hydrogen) atoms. The third-order valence-electron chi connectivity index (χ3n) is 8.33. The summed E-state index contributed by atoms with van der Waals surface area (Å²) in [6.45, 7) is 6.24. The van der Waals surface area contributed by atoms with Gasteiger partial charge in [0.15, 0.2) is 0 Å². The fourth-order valence-electron chi connectivity index (χ4n) is 6.29. The lowest BCUT2D eigenvalue weighted by molar-refractivity contribution is -0.134. The first kappa shape index (κ1) is 28.3. The molecule has 3 aromatic heterocycles. The summed E-state index contributed by atoms with van der Waals surface area (Å²) in [5.74, 6) is -0.973. The van der Waals surface area contributed by atoms with Crippen LogP contribution in [-0.2, 0) is 20.7 Å². The molecule has 0 atom stereocenters. The third kappa shape index (κ3) is 5.89. The first-order valence-corrected chi connectivity index (χ1v) is 15.5. The van der Waals surface area contributed by atoms with Crippen molar-refractivity contribution in [3.05, 3.63) is 64.4 Å². The van der Waals surface area contributed by atoms with Gasteiger partial charge in [0, 0.05) is 36.8 Å². The second kappa shape index (κ2) is 12.2. The Morgan fingerprint density at radius 1 is 1.07 bits per heavy atom. The fourth-order valence-corrected chi connectivity index (χ4v) is 7.18. The van der Waals surface area contributed by atoms with Gasteiger partial charge in [-0.25, -0.2) is 14.8 Å². The van der Waals surface area contributed by atoms with Gasteiger partial charge >= 0.3 is 5.97 Å². The Kier molecular flexibility index (Phi) is 8.22. The molecule has 1 amide bonds. The zero-order valence-corrected chi connectivity index (χ0v) is 25.0. The van der Waals surface area contributed by atoms with Crippen molar-refractivity contribution in [2.75, 3.05) is 26.3 Å². The number of fused-ring (bicyclic) bond motifs is 1. The van der Waals surface area contributed by atoms with Crippen LogP contribution in [0.15, 0.2) is 42.6 Å². The maximum Gasteiger partial charge on any atom is 0.328 e. The number of ether oxygens (including phenoxy) is 1. The van der Waals surface area contributed by atoms with E-state index in [2.05, 4.69) is 46.1 Å². The van der Waals surface area contributed by atoms with Crippen molar-refractivity contribution in [1.82, 2.24) is 19.4 Å². The molecule has 0 radical (unpaired) electrons. The van der Waals surface area contributed by atoms with E-state index in [9.17, 15) is 14.7 Å². The minimum Gasteiger partial charge on any atom is -0.478 e. The van der Waals surface area contributed by atoms with Gasteiger partial charge in [-0.3, -0.25) is 4.79 Å². The van der Waals surface area contributed by atoms with Crippen molar-refractivity contribution in [2.45, 2.75) is 58.4 Å². The van der Waals surface area contributed by atoms with Crippen molar-refractivity contribution < 1.29 is 19.4 Å². The molecule has 8 nitrogen and oxygen atoms in total. The highest BCUT2D eigenvalue weighted by atomic mass is 32.1. The fraction of sp³-hybridized carbons (Fsp3) is 0.394. The summed E-state index contributed by atoms with van der Waals surface area (Å²) < 4.78 is 7.78. The van der Waals surface area contributed by atoms with E-state index in [1.165, 1.54) is 12.5 Å². The van der Waals surface area contributed by atoms with Gasteiger partial charge in [0.1, 0.15) is 0 Å². The van der Waals surface area contributed by atoms with Crippen LogP contribution in [0.5, 0.6) is 0 Å². The Labute approximate surface area is 249 Å². The molecule has 1 saturated carbocycles. The number of carbonyl (C=O) groups excluding carboxylic acids is 1. The number of carbonyl (C=O) groups is 2. The van der Waals surface area contributed by atoms with Crippen LogP contribution in [-0.4, -0.2) is 62.7 Å². The lowest BCUT2D eigenvalue weighted by atomic mass is 9.94. The molecule has 2 fully saturated rings. The standard InChI is InChI=1S/C33H36N4O4S/c1-21-33(42-22(2)34-21)29-12-8-23-18-24(9-11-28(23)35-29)32-27(19-30(38)36-14-16-41-17-15-36)25(10-13-31(39)40)20-37(32)26-6-4-3-5-7-26/h8-13,18,20,26H,3-7,14-17,19H2,1-2H3,(H,39,40)/b13-10+. The van der Waals surface area contributed by atoms with Gasteiger partial charge in [-0.2, -0.15) is 0 Å². The predicted molar refractivity (Wildman–Crippen MR) is 166 cm³/mol. The van der Waals surface area contributed by atoms with Crippen LogP contribution < -0.4 is 0 Å². The van der Waals surface area contributed by atoms with Crippen LogP contribution in [0.4, 0.5) is 0 Å². The normalized spacial score (nSPS) is 16.5. The monoisotopic (exact) mass is 584 g/mol. The number of rotatable bonds is 7. The number of amides is 1. The van der Waals surface area contributed by atoms with Crippen LogP contribution in [0.25, 0.3) is 38.8 Å². The number of aromatic nitrogens is 3. The minimum atomic E-state index is -1.01. The van der Waals surface area contributed by atoms with Gasteiger partial charge < -0.3 is 19.3 Å². The highest BCUT2D eigenvalue weighted by molar-refractivity contribution is 7.15. The Bertz CT molecular complexity index is 1660. The molecule has 1 N–H and O–H groups in total. The van der Waals surface area contributed by atoms with Crippen molar-refractivity contribution in [3.63, 3.8) is 0 Å². The van der Waals surface area contributed by atoms with Gasteiger partial charge in [-0.1, -0.05) is 31.4 Å². The Morgan fingerprint density at radius 2 is 1.86 bits per heavy atom. The second-order valence-corrected chi connectivity index (χ2v) is 12.4. The number of carboxylic acids is 1. The third-order valence-corrected chi connectivity index (χ3v) is 9.43. The van der Waals surface area contributed by atoms with E-state index in [0.29, 0.717) is 32.3 Å². The van der Waals surface area contributed by atoms with E-state index in [0.717, 1.165) is 80.2 Å². The zero-order valence-electron chi connectivity index (χ0n) is 24.1. The average molecular weight is 585 g/mol. The Hall–Kier alpha value is -3.82. The maximum absolute atomic E-state index is 13.5. The Morgan fingerprint density at radius 3 is 2.57 bits per heavy atom. The Balaban J connectivity index is 1.46. The number of hydrogen-bond acceptors (Lipinski definition) is 6. The minimum absolute atomic E-state index is 0.0354. The van der Waals surface area contributed by atoms with Gasteiger partial charge in [0.2, 0.25) is 5.91 Å². The van der Waals surface area contributed by atoms with Gasteiger partial charge in [0.25, 0.3) is 0 Å². The molecular weight excluding hydrogens is 548 g/mol. The van der Waals surface area contributed by atoms with Crippen molar-refractivity contribution in [3.8, 4) is 21.8 Å². The number of benzene rings is 1. The molecule has 218 valence electrons. The van der Waals surface area contributed by atoms with Crippen molar-refractivity contribution >= 4 is 40.2 Å². The average Bonchev–Trinajstić information content (AvgIpc) is 3.54. The van der Waals surface area contributed by atoms with E-state index in [-0.39, 0.29) is 12.3 Å². The highest BCUT2D eigenvalue weighted by Gasteiger charge is 2.27. The molecule has 6 rings (SSSR count). The molecule has 9 heteroatoms. The summed E-state index contributed by atoms with van der Waals surface area (Å²) >= 11 is 1.65. The molecule has 1 saturated heterocycles. The topological polar surface area (TPSA) is 97.5 Å². The molecule has 4 aromatic rings. The lowest BCUT2D eigenvalue weighted by Gasteiger charge is -2.28. The van der Waals surface area contributed by atoms with Crippen LogP contribution in [0.2, 0.25) is 0 Å². The summed E-state index contributed by atoms with van der Waals surface area (Å²) in [6.07, 6.45) is 10.7. The molecule has 0 unspecified atom stereocenters. The summed E-state index contributed by atoms with van der Waals surface area (Å²) in [6, 6.07) is 10.7. The van der Waals surface area contributed by atoms with Crippen LogP contribution >= 0.6 is 11.3 Å². The molecule has 0 bridgehead atoms. The molecule has 1 aliphatic heterocycles. The summed E-state index contributed by atoms with van der Waals surface area (Å²) in [5.41, 5.74) is 6.46. The van der Waals surface area contributed by atoms with Gasteiger partial charge in [0.05, 0.1) is 52.1 Å². The summed E-state index contributed by atoms with van der Waals surface area (Å²) in [5, 5.41) is 11.5. The molecule has 1 aliphatic carbocycles. The number of thiazole rings is 1. The predicted octanol–water partition coefficient (Wildman–Crippen LogP) is 6.45. The molecule has 2 aliphatic rings. The SMILES string of the molecule is Cc1nc(C)c(-c2ccc3cc(-c4c(CC(=O)N5CCOCC5)c(/C=C/C(=O)O)cn4C4CCCCC4)ccc3n2)s1. The number of hydrogen-bond donors (Lipinski definition) is 1. The molecule has 0 spiro atoms. The van der Waals surface area contributed by atoms with Crippen molar-refractivity contribution in [1.29, 1.82) is 0 Å². The van der Waals surface area contributed by atoms with Crippen molar-refractivity contribution in [2.24, 2.45) is 0 Å². The largest absolute Gasteiger partial charge is 0.478 e. The van der Waals surface area contributed by atoms with Gasteiger partial charge in [-0.05, 0) is 67.7 Å². The number of aliphatic carboxylic acids is 1. The number of aryl methyl sites for hydroxylation is 2. The van der Waals surface area contributed by atoms with Crippen LogP contribution in [0, 0.1) is 13.8 Å². The highest BCUT2D eigenvalue weighted by Crippen LogP contribution is 2.39. The zero-order chi connectivity index (χ0) is 29.2. The first-order chi connectivity index (χ1) is 20.4. The number of carboxylic acid groups (broad SMARTS) is 1. The summed E-state index contributed by atoms with van der Waals surface area (Å²) in [7, 11) is 0. The van der Waals surface area contributed by atoms with E-state index in [1.807, 2.05) is 18.7 Å². The second-order valence-electron chi connectivity index (χ2n) is 11.2. The maximum atomic E-state index is 13.5. The van der Waals surface area contributed by atoms with Crippen LogP contribution in [0.3, 0.4) is 0 Å². The van der Waals surface area contributed by atoms with E-state index in [4.69, 9.17) is 9.72 Å². The number of pyridine rings is 1. The quantitative estimate of drug-likeness (QED) is 0.251. The molecule has 4 heterocycles. The number of nitrogens with zero attached hydrogens (tertiary/aromatic N) is 4. The first-order valence-electron chi connectivity index (χ1n) is 14.7. The van der Waals surface area contributed by atoms with E-state index in [1.54, 1.807) is 17.4 Å². The summed E-state index contributed by atoms with van der Waals surface area (Å²) in [4.78, 5) is 37.5. The smallest absolute Gasteiger partial charge is 0.328 e.